The van der Waals surface area contributed by atoms with Gasteiger partial charge in [0.05, 0.1) is 12.7 Å². The summed E-state index contributed by atoms with van der Waals surface area (Å²) >= 11 is 5.10. The lowest BCUT2D eigenvalue weighted by molar-refractivity contribution is 0.0600. The molecule has 0 aliphatic heterocycles. The fraction of sp³-hybridized carbons (Fsp3) is 0.0909. The molecule has 1 heterocycles. The van der Waals surface area contributed by atoms with Crippen LogP contribution < -0.4 is 0 Å². The van der Waals surface area contributed by atoms with Crippen molar-refractivity contribution in [3.05, 3.63) is 47.0 Å². The van der Waals surface area contributed by atoms with Crippen LogP contribution in [0.25, 0.3) is 5.69 Å². The van der Waals surface area contributed by atoms with E-state index in [9.17, 15) is 4.79 Å². The van der Waals surface area contributed by atoms with Crippen molar-refractivity contribution in [2.45, 2.75) is 0 Å². The van der Waals surface area contributed by atoms with Gasteiger partial charge in [-0.3, -0.25) is 4.57 Å². The molecule has 0 bridgehead atoms. The number of esters is 1. The Morgan fingerprint density at radius 1 is 1.50 bits per heavy atom. The van der Waals surface area contributed by atoms with Crippen LogP contribution in [-0.4, -0.2) is 22.6 Å². The molecule has 1 aromatic carbocycles. The number of imidazole rings is 1. The molecule has 0 spiro atoms. The number of hydrogen-bond acceptors (Lipinski definition) is 3. The van der Waals surface area contributed by atoms with Crippen molar-refractivity contribution in [1.82, 2.24) is 9.55 Å². The van der Waals surface area contributed by atoms with Gasteiger partial charge in [-0.15, -0.1) is 0 Å². The maximum Gasteiger partial charge on any atom is 0.337 e. The number of carbonyl (C=O) groups excluding carboxylic acids is 1. The minimum absolute atomic E-state index is 0.357. The van der Waals surface area contributed by atoms with E-state index in [4.69, 9.17) is 12.2 Å². The van der Waals surface area contributed by atoms with E-state index in [1.807, 2.05) is 6.07 Å². The minimum Gasteiger partial charge on any atom is -0.465 e. The molecule has 2 aromatic rings. The Bertz CT molecular complexity index is 571. The number of nitrogens with one attached hydrogen (secondary N) is 1. The number of hydrogen-bond donors (Lipinski definition) is 1. The number of carbonyl (C=O) groups is 1. The lowest BCUT2D eigenvalue weighted by atomic mass is 10.2. The van der Waals surface area contributed by atoms with Crippen LogP contribution in [0.3, 0.4) is 0 Å². The average molecular weight is 234 g/mol. The van der Waals surface area contributed by atoms with Gasteiger partial charge in [0.15, 0.2) is 4.77 Å². The molecule has 0 amide bonds. The Morgan fingerprint density at radius 2 is 2.31 bits per heavy atom. The van der Waals surface area contributed by atoms with Crippen LogP contribution in [0.5, 0.6) is 0 Å². The third kappa shape index (κ3) is 1.90. The monoisotopic (exact) mass is 234 g/mol. The summed E-state index contributed by atoms with van der Waals surface area (Å²) in [5.41, 5.74) is 1.33. The zero-order valence-corrected chi connectivity index (χ0v) is 9.45. The van der Waals surface area contributed by atoms with E-state index in [-0.39, 0.29) is 5.97 Å². The molecule has 0 radical (unpaired) electrons. The fourth-order valence-corrected chi connectivity index (χ4v) is 1.66. The van der Waals surface area contributed by atoms with E-state index in [1.165, 1.54) is 7.11 Å². The molecular formula is C11H10N2O2S. The van der Waals surface area contributed by atoms with Crippen molar-refractivity contribution in [3.8, 4) is 5.69 Å². The van der Waals surface area contributed by atoms with E-state index in [0.717, 1.165) is 5.69 Å². The van der Waals surface area contributed by atoms with Crippen LogP contribution in [-0.2, 0) is 4.74 Å². The van der Waals surface area contributed by atoms with Gasteiger partial charge in [-0.1, -0.05) is 6.07 Å². The average Bonchev–Trinajstić information content (AvgIpc) is 2.74. The molecular weight excluding hydrogens is 224 g/mol. The van der Waals surface area contributed by atoms with Gasteiger partial charge in [-0.25, -0.2) is 4.79 Å². The van der Waals surface area contributed by atoms with Crippen molar-refractivity contribution in [2.24, 2.45) is 0 Å². The molecule has 82 valence electrons. The fourth-order valence-electron chi connectivity index (χ4n) is 1.42. The van der Waals surface area contributed by atoms with E-state index < -0.39 is 0 Å². The van der Waals surface area contributed by atoms with Crippen LogP contribution >= 0.6 is 12.2 Å². The highest BCUT2D eigenvalue weighted by atomic mass is 32.1. The van der Waals surface area contributed by atoms with Gasteiger partial charge in [0.2, 0.25) is 0 Å². The smallest absolute Gasteiger partial charge is 0.337 e. The Labute approximate surface area is 97.5 Å². The number of rotatable bonds is 2. The standard InChI is InChI=1S/C11H10N2O2S/c1-15-10(14)8-3-2-4-9(7-8)13-6-5-12-11(13)16/h2-7H,1H3,(H,12,16). The van der Waals surface area contributed by atoms with E-state index >= 15 is 0 Å². The summed E-state index contributed by atoms with van der Waals surface area (Å²) in [6.45, 7) is 0. The summed E-state index contributed by atoms with van der Waals surface area (Å²) in [5, 5.41) is 0. The summed E-state index contributed by atoms with van der Waals surface area (Å²) in [6.07, 6.45) is 3.55. The first-order valence-electron chi connectivity index (χ1n) is 4.67. The number of benzene rings is 1. The third-order valence-corrected chi connectivity index (χ3v) is 2.51. The normalized spacial score (nSPS) is 10.1. The Kier molecular flexibility index (Phi) is 2.87. The second-order valence-corrected chi connectivity index (χ2v) is 3.56. The highest BCUT2D eigenvalue weighted by molar-refractivity contribution is 7.71. The van der Waals surface area contributed by atoms with Gasteiger partial charge >= 0.3 is 5.97 Å². The van der Waals surface area contributed by atoms with Gasteiger partial charge < -0.3 is 9.72 Å². The van der Waals surface area contributed by atoms with Gasteiger partial charge in [-0.05, 0) is 30.4 Å². The Balaban J connectivity index is 2.48. The molecule has 5 heteroatoms. The minimum atomic E-state index is -0.357. The van der Waals surface area contributed by atoms with Crippen LogP contribution in [0, 0.1) is 4.77 Å². The molecule has 0 aliphatic carbocycles. The molecule has 1 N–H and O–H groups in total. The molecule has 1 aromatic heterocycles. The molecule has 0 aliphatic rings. The number of aromatic amines is 1. The lowest BCUT2D eigenvalue weighted by Gasteiger charge is -2.04. The van der Waals surface area contributed by atoms with E-state index in [2.05, 4.69) is 9.72 Å². The third-order valence-electron chi connectivity index (χ3n) is 2.19. The lowest BCUT2D eigenvalue weighted by Crippen LogP contribution is -2.02. The Hall–Kier alpha value is -1.88. The van der Waals surface area contributed by atoms with Gasteiger partial charge in [0.25, 0.3) is 0 Å². The van der Waals surface area contributed by atoms with Crippen molar-refractivity contribution in [2.75, 3.05) is 7.11 Å². The molecule has 0 fully saturated rings. The largest absolute Gasteiger partial charge is 0.465 e. The van der Waals surface area contributed by atoms with Crippen molar-refractivity contribution in [1.29, 1.82) is 0 Å². The van der Waals surface area contributed by atoms with Crippen molar-refractivity contribution < 1.29 is 9.53 Å². The molecule has 0 atom stereocenters. The maximum atomic E-state index is 11.4. The first kappa shape index (κ1) is 10.6. The molecule has 2 rings (SSSR count). The number of nitrogens with zero attached hydrogens (tertiary/aromatic N) is 1. The Morgan fingerprint density at radius 3 is 2.94 bits per heavy atom. The highest BCUT2D eigenvalue weighted by Crippen LogP contribution is 2.11. The quantitative estimate of drug-likeness (QED) is 0.640. The molecule has 0 saturated carbocycles. The SMILES string of the molecule is COC(=O)c1cccc(-n2cc[nH]c2=S)c1. The van der Waals surface area contributed by atoms with Crippen LogP contribution in [0.4, 0.5) is 0 Å². The van der Waals surface area contributed by atoms with Gasteiger partial charge in [-0.2, -0.15) is 0 Å². The second-order valence-electron chi connectivity index (χ2n) is 3.18. The first-order chi connectivity index (χ1) is 7.72. The second kappa shape index (κ2) is 4.32. The van der Waals surface area contributed by atoms with Crippen LogP contribution in [0.1, 0.15) is 10.4 Å². The van der Waals surface area contributed by atoms with E-state index in [1.54, 1.807) is 35.2 Å². The predicted octanol–water partition coefficient (Wildman–Crippen LogP) is 2.32. The maximum absolute atomic E-state index is 11.4. The first-order valence-corrected chi connectivity index (χ1v) is 5.08. The highest BCUT2D eigenvalue weighted by Gasteiger charge is 2.06. The van der Waals surface area contributed by atoms with Crippen molar-refractivity contribution in [3.63, 3.8) is 0 Å². The van der Waals surface area contributed by atoms with Gasteiger partial charge in [0, 0.05) is 18.1 Å². The number of ether oxygens (including phenoxy) is 1. The molecule has 4 nitrogen and oxygen atoms in total. The number of methoxy groups -OCH3 is 1. The summed E-state index contributed by atoms with van der Waals surface area (Å²) in [4.78, 5) is 14.2. The summed E-state index contributed by atoms with van der Waals surface area (Å²) in [5.74, 6) is -0.357. The van der Waals surface area contributed by atoms with Crippen LogP contribution in [0.15, 0.2) is 36.7 Å². The summed E-state index contributed by atoms with van der Waals surface area (Å²) in [6, 6.07) is 7.09. The zero-order chi connectivity index (χ0) is 11.5. The predicted molar refractivity (Wildman–Crippen MR) is 62.3 cm³/mol. The van der Waals surface area contributed by atoms with Crippen LogP contribution in [0.2, 0.25) is 0 Å². The summed E-state index contributed by atoms with van der Waals surface area (Å²) in [7, 11) is 1.36. The summed E-state index contributed by atoms with van der Waals surface area (Å²) < 4.78 is 7.02. The number of H-pyrrole nitrogens is 1. The van der Waals surface area contributed by atoms with Crippen molar-refractivity contribution >= 4 is 18.2 Å². The zero-order valence-electron chi connectivity index (χ0n) is 8.64. The van der Waals surface area contributed by atoms with Gasteiger partial charge in [0.1, 0.15) is 0 Å². The molecule has 0 saturated heterocycles. The molecule has 0 unspecified atom stereocenters. The topological polar surface area (TPSA) is 47.0 Å². The molecule has 16 heavy (non-hydrogen) atoms. The number of aromatic nitrogens is 2. The van der Waals surface area contributed by atoms with E-state index in [0.29, 0.717) is 10.3 Å².